The summed E-state index contributed by atoms with van der Waals surface area (Å²) in [5.41, 5.74) is 4.65. The zero-order chi connectivity index (χ0) is 12.7. The summed E-state index contributed by atoms with van der Waals surface area (Å²) < 4.78 is 0. The van der Waals surface area contributed by atoms with E-state index in [0.717, 1.165) is 37.6 Å². The Labute approximate surface area is 112 Å². The molecule has 2 aliphatic rings. The Kier molecular flexibility index (Phi) is 2.45. The molecular formula is C16H15N3. The van der Waals surface area contributed by atoms with Gasteiger partial charge in [0.2, 0.25) is 0 Å². The fraction of sp³-hybridized carbons (Fsp3) is 0.250. The van der Waals surface area contributed by atoms with Crippen LogP contribution in [0.1, 0.15) is 11.1 Å². The molecule has 1 heterocycles. The van der Waals surface area contributed by atoms with Crippen LogP contribution in [0, 0.1) is 0 Å². The van der Waals surface area contributed by atoms with E-state index < -0.39 is 0 Å². The summed E-state index contributed by atoms with van der Waals surface area (Å²) in [6.45, 7) is 3.49. The fourth-order valence-electron chi connectivity index (χ4n) is 2.93. The first-order chi connectivity index (χ1) is 9.45. The zero-order valence-corrected chi connectivity index (χ0v) is 10.7. The smallest absolute Gasteiger partial charge is 0.0912 e. The summed E-state index contributed by atoms with van der Waals surface area (Å²) in [5, 5.41) is 5.95. The normalized spacial score (nSPS) is 18.1. The molecule has 3 heteroatoms. The van der Waals surface area contributed by atoms with Crippen molar-refractivity contribution < 1.29 is 0 Å². The molecule has 19 heavy (non-hydrogen) atoms. The maximum atomic E-state index is 4.77. The predicted octanol–water partition coefficient (Wildman–Crippen LogP) is 2.03. The van der Waals surface area contributed by atoms with Gasteiger partial charge in [-0.15, -0.1) is 0 Å². The Bertz CT molecular complexity index is 656. The molecule has 0 aromatic heterocycles. The number of benzene rings is 2. The second-order valence-electron chi connectivity index (χ2n) is 4.92. The van der Waals surface area contributed by atoms with Gasteiger partial charge in [-0.1, -0.05) is 36.4 Å². The lowest BCUT2D eigenvalue weighted by atomic mass is 10.1. The zero-order valence-electron chi connectivity index (χ0n) is 10.7. The van der Waals surface area contributed by atoms with Crippen LogP contribution < -0.4 is 5.32 Å². The van der Waals surface area contributed by atoms with Gasteiger partial charge in [-0.2, -0.15) is 0 Å². The lowest BCUT2D eigenvalue weighted by Crippen LogP contribution is -2.20. The van der Waals surface area contributed by atoms with Crippen LogP contribution in [-0.4, -0.2) is 37.6 Å². The van der Waals surface area contributed by atoms with E-state index in [4.69, 9.17) is 9.98 Å². The highest BCUT2D eigenvalue weighted by atomic mass is 15.0. The van der Waals surface area contributed by atoms with Crippen molar-refractivity contribution in [3.8, 4) is 0 Å². The predicted molar refractivity (Wildman–Crippen MR) is 79.6 cm³/mol. The van der Waals surface area contributed by atoms with Crippen molar-refractivity contribution in [2.75, 3.05) is 26.2 Å². The maximum absolute atomic E-state index is 4.77. The van der Waals surface area contributed by atoms with Crippen LogP contribution in [0.4, 0.5) is 0 Å². The van der Waals surface area contributed by atoms with E-state index in [-0.39, 0.29) is 0 Å². The minimum absolute atomic E-state index is 0.818. The molecule has 0 atom stereocenters. The molecule has 1 N–H and O–H groups in total. The van der Waals surface area contributed by atoms with Gasteiger partial charge in [-0.05, 0) is 5.39 Å². The number of fused-ring (bicyclic) bond motifs is 3. The highest BCUT2D eigenvalue weighted by molar-refractivity contribution is 6.60. The third kappa shape index (κ3) is 1.62. The van der Waals surface area contributed by atoms with Crippen LogP contribution in [-0.2, 0) is 0 Å². The summed E-state index contributed by atoms with van der Waals surface area (Å²) in [4.78, 5) is 9.54. The average molecular weight is 249 g/mol. The number of hydrogen-bond donors (Lipinski definition) is 1. The van der Waals surface area contributed by atoms with E-state index in [0.29, 0.717) is 0 Å². The van der Waals surface area contributed by atoms with Gasteiger partial charge in [-0.3, -0.25) is 9.98 Å². The SMILES string of the molecule is c1cc2c3c(cccc3c1)C1=NCCNCCN=C12. The van der Waals surface area contributed by atoms with E-state index in [1.807, 2.05) is 0 Å². The standard InChI is InChI=1S/C16H15N3/c1-3-11-4-2-6-13-14(11)12(5-1)15-16(13)19-10-8-17-7-9-18-15/h1-6,17H,7-10H2. The molecule has 0 spiro atoms. The fourth-order valence-corrected chi connectivity index (χ4v) is 2.93. The number of rotatable bonds is 0. The van der Waals surface area contributed by atoms with E-state index in [1.54, 1.807) is 0 Å². The molecule has 0 fully saturated rings. The molecule has 0 amide bonds. The van der Waals surface area contributed by atoms with Crippen LogP contribution in [0.5, 0.6) is 0 Å². The van der Waals surface area contributed by atoms with Crippen molar-refractivity contribution >= 4 is 22.2 Å². The van der Waals surface area contributed by atoms with Crippen LogP contribution in [0.2, 0.25) is 0 Å². The first-order valence-corrected chi connectivity index (χ1v) is 6.77. The Balaban J connectivity index is 2.03. The van der Waals surface area contributed by atoms with Gasteiger partial charge >= 0.3 is 0 Å². The van der Waals surface area contributed by atoms with Gasteiger partial charge in [-0.25, -0.2) is 0 Å². The van der Waals surface area contributed by atoms with Crippen molar-refractivity contribution in [1.82, 2.24) is 5.32 Å². The highest BCUT2D eigenvalue weighted by Crippen LogP contribution is 2.31. The van der Waals surface area contributed by atoms with Crippen LogP contribution in [0.25, 0.3) is 10.8 Å². The molecule has 2 aromatic rings. The summed E-state index contributed by atoms with van der Waals surface area (Å²) in [6.07, 6.45) is 0. The van der Waals surface area contributed by atoms with Crippen molar-refractivity contribution in [2.45, 2.75) is 0 Å². The molecule has 1 aliphatic heterocycles. The number of aliphatic imine (C=N–C) groups is 2. The molecule has 0 bridgehead atoms. The molecule has 0 unspecified atom stereocenters. The average Bonchev–Trinajstić information content (AvgIpc) is 2.80. The molecular weight excluding hydrogens is 234 g/mol. The maximum Gasteiger partial charge on any atom is 0.0912 e. The van der Waals surface area contributed by atoms with E-state index in [2.05, 4.69) is 41.7 Å². The monoisotopic (exact) mass is 249 g/mol. The summed E-state index contributed by atoms with van der Waals surface area (Å²) in [5.74, 6) is 0. The van der Waals surface area contributed by atoms with Gasteiger partial charge in [0.1, 0.15) is 0 Å². The minimum Gasteiger partial charge on any atom is -0.313 e. The largest absolute Gasteiger partial charge is 0.313 e. The van der Waals surface area contributed by atoms with Gasteiger partial charge in [0.05, 0.1) is 24.5 Å². The van der Waals surface area contributed by atoms with Gasteiger partial charge in [0, 0.05) is 29.6 Å². The topological polar surface area (TPSA) is 36.8 Å². The van der Waals surface area contributed by atoms with Crippen LogP contribution in [0.3, 0.4) is 0 Å². The lowest BCUT2D eigenvalue weighted by Gasteiger charge is -2.00. The van der Waals surface area contributed by atoms with Crippen LogP contribution in [0.15, 0.2) is 46.4 Å². The molecule has 0 radical (unpaired) electrons. The van der Waals surface area contributed by atoms with E-state index >= 15 is 0 Å². The summed E-state index contributed by atoms with van der Waals surface area (Å²) in [6, 6.07) is 12.9. The van der Waals surface area contributed by atoms with Crippen LogP contribution >= 0.6 is 0 Å². The van der Waals surface area contributed by atoms with Crippen molar-refractivity contribution in [1.29, 1.82) is 0 Å². The number of hydrogen-bond acceptors (Lipinski definition) is 3. The third-order valence-electron chi connectivity index (χ3n) is 3.76. The van der Waals surface area contributed by atoms with Gasteiger partial charge in [0.15, 0.2) is 0 Å². The molecule has 0 saturated carbocycles. The first kappa shape index (κ1) is 10.9. The number of nitrogens with zero attached hydrogens (tertiary/aromatic N) is 2. The molecule has 1 aliphatic carbocycles. The molecule has 3 nitrogen and oxygen atoms in total. The second kappa shape index (κ2) is 4.28. The lowest BCUT2D eigenvalue weighted by molar-refractivity contribution is 0.701. The minimum atomic E-state index is 0.818. The van der Waals surface area contributed by atoms with Crippen molar-refractivity contribution in [2.24, 2.45) is 9.98 Å². The third-order valence-corrected chi connectivity index (χ3v) is 3.76. The Morgan fingerprint density at radius 1 is 0.789 bits per heavy atom. The van der Waals surface area contributed by atoms with Gasteiger partial charge in [0.25, 0.3) is 0 Å². The molecule has 94 valence electrons. The number of nitrogens with one attached hydrogen (secondary N) is 1. The molecule has 4 rings (SSSR count). The van der Waals surface area contributed by atoms with Crippen molar-refractivity contribution in [3.63, 3.8) is 0 Å². The van der Waals surface area contributed by atoms with Crippen molar-refractivity contribution in [3.05, 3.63) is 47.5 Å². The Morgan fingerprint density at radius 2 is 1.37 bits per heavy atom. The summed E-state index contributed by atoms with van der Waals surface area (Å²) in [7, 11) is 0. The Hall–Kier alpha value is -2.00. The quantitative estimate of drug-likeness (QED) is 0.762. The van der Waals surface area contributed by atoms with E-state index in [1.165, 1.54) is 21.9 Å². The Morgan fingerprint density at radius 3 is 1.95 bits per heavy atom. The molecule has 0 saturated heterocycles. The highest BCUT2D eigenvalue weighted by Gasteiger charge is 2.26. The first-order valence-electron chi connectivity index (χ1n) is 6.77. The van der Waals surface area contributed by atoms with E-state index in [9.17, 15) is 0 Å². The second-order valence-corrected chi connectivity index (χ2v) is 4.92. The van der Waals surface area contributed by atoms with Gasteiger partial charge < -0.3 is 5.32 Å². The molecule has 2 aromatic carbocycles. The summed E-state index contributed by atoms with van der Waals surface area (Å²) >= 11 is 0.